The molecule has 1 heterocycles. The second-order valence-corrected chi connectivity index (χ2v) is 5.48. The molecule has 0 radical (unpaired) electrons. The van der Waals surface area contributed by atoms with Crippen molar-refractivity contribution in [3.8, 4) is 0 Å². The van der Waals surface area contributed by atoms with Crippen molar-refractivity contribution < 1.29 is 9.59 Å². The number of nitrogens with zero attached hydrogens (tertiary/aromatic N) is 1. The summed E-state index contributed by atoms with van der Waals surface area (Å²) in [6.45, 7) is 0.689. The summed E-state index contributed by atoms with van der Waals surface area (Å²) >= 11 is 0. The molecule has 0 spiro atoms. The third kappa shape index (κ3) is 8.80. The monoisotopic (exact) mass is 398 g/mol. The Morgan fingerprint density at radius 3 is 2.35 bits per heavy atom. The third-order valence-corrected chi connectivity index (χ3v) is 3.50. The van der Waals surface area contributed by atoms with Gasteiger partial charge in [0, 0.05) is 31.9 Å². The Bertz CT molecular complexity index is 657. The Morgan fingerprint density at radius 1 is 1.00 bits per heavy atom. The van der Waals surface area contributed by atoms with Crippen LogP contribution in [0.25, 0.3) is 0 Å². The zero-order chi connectivity index (χ0) is 17.2. The standard InChI is InChI=1S/C18H22N4O2.2ClH/c19-16(11-14-5-2-1-3-6-14)18(24)21-10-8-17(23)22-13-15-7-4-9-20-12-15;;/h1-7,9,12,16H,8,10-11,13,19H2,(H,21,24)(H,22,23);2*1H. The van der Waals surface area contributed by atoms with Crippen LogP contribution in [0, 0.1) is 0 Å². The molecule has 0 aliphatic rings. The van der Waals surface area contributed by atoms with Gasteiger partial charge in [-0.1, -0.05) is 36.4 Å². The summed E-state index contributed by atoms with van der Waals surface area (Å²) in [5.41, 5.74) is 7.82. The van der Waals surface area contributed by atoms with E-state index in [2.05, 4.69) is 15.6 Å². The summed E-state index contributed by atoms with van der Waals surface area (Å²) < 4.78 is 0. The second kappa shape index (κ2) is 13.1. The number of aromatic nitrogens is 1. The minimum Gasteiger partial charge on any atom is -0.354 e. The van der Waals surface area contributed by atoms with Gasteiger partial charge < -0.3 is 16.4 Å². The molecule has 0 bridgehead atoms. The number of benzene rings is 1. The maximum Gasteiger partial charge on any atom is 0.237 e. The minimum atomic E-state index is -0.620. The number of nitrogens with two attached hydrogens (primary N) is 1. The molecule has 6 nitrogen and oxygen atoms in total. The van der Waals surface area contributed by atoms with Crippen LogP contribution in [0.3, 0.4) is 0 Å². The predicted molar refractivity (Wildman–Crippen MR) is 106 cm³/mol. The molecule has 0 fully saturated rings. The average Bonchev–Trinajstić information content (AvgIpc) is 2.61. The van der Waals surface area contributed by atoms with E-state index in [9.17, 15) is 9.59 Å². The summed E-state index contributed by atoms with van der Waals surface area (Å²) in [7, 11) is 0. The van der Waals surface area contributed by atoms with Crippen molar-refractivity contribution in [3.63, 3.8) is 0 Å². The molecule has 8 heteroatoms. The van der Waals surface area contributed by atoms with Gasteiger partial charge in [-0.2, -0.15) is 0 Å². The molecule has 0 saturated carbocycles. The van der Waals surface area contributed by atoms with Crippen LogP contribution < -0.4 is 16.4 Å². The van der Waals surface area contributed by atoms with Crippen LogP contribution in [0.2, 0.25) is 0 Å². The average molecular weight is 399 g/mol. The zero-order valence-corrected chi connectivity index (χ0v) is 15.9. The second-order valence-electron chi connectivity index (χ2n) is 5.48. The molecule has 142 valence electrons. The van der Waals surface area contributed by atoms with Crippen LogP contribution in [-0.2, 0) is 22.6 Å². The van der Waals surface area contributed by atoms with Crippen LogP contribution in [0.5, 0.6) is 0 Å². The fraction of sp³-hybridized carbons (Fsp3) is 0.278. The van der Waals surface area contributed by atoms with E-state index in [0.29, 0.717) is 13.0 Å². The molecular weight excluding hydrogens is 375 g/mol. The number of nitrogens with one attached hydrogen (secondary N) is 2. The van der Waals surface area contributed by atoms with Crippen molar-refractivity contribution >= 4 is 36.6 Å². The SMILES string of the molecule is Cl.Cl.NC(Cc1ccccc1)C(=O)NCCC(=O)NCc1cccnc1. The van der Waals surface area contributed by atoms with Gasteiger partial charge in [0.1, 0.15) is 0 Å². The number of amides is 2. The predicted octanol–water partition coefficient (Wildman–Crippen LogP) is 1.62. The molecule has 0 aliphatic carbocycles. The largest absolute Gasteiger partial charge is 0.354 e. The Kier molecular flexibility index (Phi) is 12.0. The fourth-order valence-corrected chi connectivity index (χ4v) is 2.18. The summed E-state index contributed by atoms with van der Waals surface area (Å²) in [5.74, 6) is -0.380. The highest BCUT2D eigenvalue weighted by molar-refractivity contribution is 5.85. The highest BCUT2D eigenvalue weighted by Gasteiger charge is 2.13. The molecule has 0 aliphatic heterocycles. The van der Waals surface area contributed by atoms with E-state index >= 15 is 0 Å². The third-order valence-electron chi connectivity index (χ3n) is 3.50. The van der Waals surface area contributed by atoms with E-state index in [4.69, 9.17) is 5.73 Å². The maximum atomic E-state index is 11.9. The van der Waals surface area contributed by atoms with Gasteiger partial charge in [0.2, 0.25) is 11.8 Å². The van der Waals surface area contributed by atoms with Crippen LogP contribution in [0.1, 0.15) is 17.5 Å². The van der Waals surface area contributed by atoms with E-state index < -0.39 is 6.04 Å². The molecule has 2 amide bonds. The molecule has 0 saturated heterocycles. The van der Waals surface area contributed by atoms with Gasteiger partial charge >= 0.3 is 0 Å². The van der Waals surface area contributed by atoms with Crippen molar-refractivity contribution in [2.75, 3.05) is 6.54 Å². The van der Waals surface area contributed by atoms with E-state index in [1.807, 2.05) is 42.5 Å². The van der Waals surface area contributed by atoms with Crippen LogP contribution in [0.4, 0.5) is 0 Å². The Hall–Kier alpha value is -2.15. The first-order valence-corrected chi connectivity index (χ1v) is 7.88. The quantitative estimate of drug-likeness (QED) is 0.629. The number of rotatable bonds is 8. The van der Waals surface area contributed by atoms with Crippen LogP contribution >= 0.6 is 24.8 Å². The lowest BCUT2D eigenvalue weighted by Crippen LogP contribution is -2.43. The highest BCUT2D eigenvalue weighted by Crippen LogP contribution is 2.01. The molecule has 4 N–H and O–H groups in total. The number of hydrogen-bond acceptors (Lipinski definition) is 4. The maximum absolute atomic E-state index is 11.9. The molecule has 1 aromatic carbocycles. The summed E-state index contributed by atoms with van der Waals surface area (Å²) in [6.07, 6.45) is 4.06. The molecule has 1 aromatic heterocycles. The molecule has 26 heavy (non-hydrogen) atoms. The van der Waals surface area contributed by atoms with Crippen LogP contribution in [0.15, 0.2) is 54.9 Å². The summed E-state index contributed by atoms with van der Waals surface area (Å²) in [5, 5.41) is 5.47. The Labute approximate surface area is 165 Å². The highest BCUT2D eigenvalue weighted by atomic mass is 35.5. The van der Waals surface area contributed by atoms with Gasteiger partial charge in [-0.15, -0.1) is 24.8 Å². The van der Waals surface area contributed by atoms with Gasteiger partial charge in [-0.05, 0) is 23.6 Å². The van der Waals surface area contributed by atoms with Gasteiger partial charge in [0.05, 0.1) is 6.04 Å². The van der Waals surface area contributed by atoms with Crippen molar-refractivity contribution in [3.05, 3.63) is 66.0 Å². The summed E-state index contributed by atoms with van der Waals surface area (Å²) in [6, 6.07) is 12.7. The Morgan fingerprint density at radius 2 is 1.69 bits per heavy atom. The lowest BCUT2D eigenvalue weighted by atomic mass is 10.1. The van der Waals surface area contributed by atoms with Crippen molar-refractivity contribution in [2.24, 2.45) is 5.73 Å². The number of halogens is 2. The van der Waals surface area contributed by atoms with E-state index in [1.54, 1.807) is 12.4 Å². The van der Waals surface area contributed by atoms with Gasteiger partial charge in [0.15, 0.2) is 0 Å². The summed E-state index contributed by atoms with van der Waals surface area (Å²) in [4.78, 5) is 27.7. The first kappa shape index (κ1) is 23.9. The molecule has 2 rings (SSSR count). The van der Waals surface area contributed by atoms with E-state index in [-0.39, 0.29) is 49.6 Å². The first-order chi connectivity index (χ1) is 11.6. The Balaban J connectivity index is 0.00000312. The molecule has 1 atom stereocenters. The van der Waals surface area contributed by atoms with Gasteiger partial charge in [-0.25, -0.2) is 0 Å². The van der Waals surface area contributed by atoms with Crippen molar-refractivity contribution in [1.29, 1.82) is 0 Å². The molecule has 2 aromatic rings. The van der Waals surface area contributed by atoms with Crippen molar-refractivity contribution in [1.82, 2.24) is 15.6 Å². The topological polar surface area (TPSA) is 97.1 Å². The van der Waals surface area contributed by atoms with E-state index in [0.717, 1.165) is 11.1 Å². The molecular formula is C18H24Cl2N4O2. The van der Waals surface area contributed by atoms with Crippen molar-refractivity contribution in [2.45, 2.75) is 25.4 Å². The van der Waals surface area contributed by atoms with Crippen LogP contribution in [-0.4, -0.2) is 29.4 Å². The minimum absolute atomic E-state index is 0. The lowest BCUT2D eigenvalue weighted by molar-refractivity contribution is -0.123. The van der Waals surface area contributed by atoms with Gasteiger partial charge in [-0.3, -0.25) is 14.6 Å². The first-order valence-electron chi connectivity index (χ1n) is 7.88. The lowest BCUT2D eigenvalue weighted by Gasteiger charge is -2.12. The normalized spacial score (nSPS) is 10.7. The molecule has 1 unspecified atom stereocenters. The van der Waals surface area contributed by atoms with E-state index in [1.165, 1.54) is 0 Å². The smallest absolute Gasteiger partial charge is 0.237 e. The zero-order valence-electron chi connectivity index (χ0n) is 14.3. The number of hydrogen-bond donors (Lipinski definition) is 3. The number of pyridine rings is 1. The number of carbonyl (C=O) groups is 2. The van der Waals surface area contributed by atoms with Gasteiger partial charge in [0.25, 0.3) is 0 Å². The fourth-order valence-electron chi connectivity index (χ4n) is 2.18. The number of carbonyl (C=O) groups excluding carboxylic acids is 2.